The van der Waals surface area contributed by atoms with E-state index in [-0.39, 0.29) is 17.6 Å². The number of aromatic nitrogens is 1. The van der Waals surface area contributed by atoms with Crippen LogP contribution in [0.25, 0.3) is 11.1 Å². The van der Waals surface area contributed by atoms with E-state index in [0.29, 0.717) is 16.5 Å². The van der Waals surface area contributed by atoms with Crippen LogP contribution in [0.3, 0.4) is 0 Å². The Labute approximate surface area is 215 Å². The number of pyridine rings is 1. The van der Waals surface area contributed by atoms with Gasteiger partial charge in [-0.25, -0.2) is 13.1 Å². The fourth-order valence-corrected chi connectivity index (χ4v) is 5.51. The molecule has 2 aliphatic rings. The highest BCUT2D eigenvalue weighted by Crippen LogP contribution is 2.53. The molecule has 1 N–H and O–H groups in total. The smallest absolute Gasteiger partial charge is 0.264 e. The molecule has 1 heterocycles. The molecule has 1 aromatic heterocycles. The maximum atomic E-state index is 12.4. The lowest BCUT2D eigenvalue weighted by Gasteiger charge is -2.22. The van der Waals surface area contributed by atoms with Crippen LogP contribution >= 0.6 is 11.6 Å². The Morgan fingerprint density at radius 2 is 1.92 bits per heavy atom. The quantitative estimate of drug-likeness (QED) is 0.411. The van der Waals surface area contributed by atoms with E-state index >= 15 is 0 Å². The van der Waals surface area contributed by atoms with Crippen molar-refractivity contribution in [3.63, 3.8) is 0 Å². The third-order valence-corrected chi connectivity index (χ3v) is 8.42. The van der Waals surface area contributed by atoms with Gasteiger partial charge in [0.2, 0.25) is 5.91 Å². The van der Waals surface area contributed by atoms with E-state index in [1.807, 2.05) is 41.3 Å². The number of nitrogens with zero attached hydrogens (tertiary/aromatic N) is 1. The molecule has 188 valence electrons. The minimum Gasteiger partial charge on any atom is -0.489 e. The molecule has 2 fully saturated rings. The van der Waals surface area contributed by atoms with Crippen molar-refractivity contribution in [1.29, 1.82) is 0 Å². The molecule has 3 aromatic rings. The number of carbonyl (C=O) groups excluding carboxylic acids is 1. The van der Waals surface area contributed by atoms with Crippen LogP contribution in [0.15, 0.2) is 65.8 Å². The number of nitrogens with one attached hydrogen (secondary N) is 1. The number of benzene rings is 2. The molecule has 36 heavy (non-hydrogen) atoms. The highest BCUT2D eigenvalue weighted by Gasteiger charge is 2.48. The van der Waals surface area contributed by atoms with Crippen LogP contribution in [0, 0.1) is 5.92 Å². The van der Waals surface area contributed by atoms with Gasteiger partial charge in [0.25, 0.3) is 10.0 Å². The van der Waals surface area contributed by atoms with Gasteiger partial charge in [-0.05, 0) is 66.6 Å². The van der Waals surface area contributed by atoms with Crippen LogP contribution in [0.4, 0.5) is 0 Å². The van der Waals surface area contributed by atoms with Gasteiger partial charge in [-0.1, -0.05) is 36.7 Å². The summed E-state index contributed by atoms with van der Waals surface area (Å²) in [6.45, 7) is 3.43. The van der Waals surface area contributed by atoms with Crippen LogP contribution < -0.4 is 9.46 Å². The van der Waals surface area contributed by atoms with E-state index in [0.717, 1.165) is 48.6 Å². The fourth-order valence-electron chi connectivity index (χ4n) is 4.30. The van der Waals surface area contributed by atoms with Gasteiger partial charge >= 0.3 is 0 Å². The van der Waals surface area contributed by atoms with Crippen molar-refractivity contribution >= 4 is 27.5 Å². The zero-order valence-electron chi connectivity index (χ0n) is 20.0. The SMILES string of the molecule is CC(=O)NS(=O)(=O)c1ccc(Cl)c(COC2(c3cnccc3-c3ccccc3OC3CC3C)CC2)c1. The van der Waals surface area contributed by atoms with Gasteiger partial charge in [-0.15, -0.1) is 0 Å². The van der Waals surface area contributed by atoms with Crippen molar-refractivity contribution in [1.82, 2.24) is 9.71 Å². The first-order valence-corrected chi connectivity index (χ1v) is 13.7. The number of para-hydroxylation sites is 1. The molecule has 2 unspecified atom stereocenters. The van der Waals surface area contributed by atoms with Crippen LogP contribution in [-0.2, 0) is 31.8 Å². The van der Waals surface area contributed by atoms with Crippen molar-refractivity contribution in [3.05, 3.63) is 77.1 Å². The Kier molecular flexibility index (Phi) is 6.53. The van der Waals surface area contributed by atoms with E-state index in [1.165, 1.54) is 18.2 Å². The third-order valence-electron chi connectivity index (χ3n) is 6.62. The summed E-state index contributed by atoms with van der Waals surface area (Å²) < 4.78 is 39.5. The molecular weight excluding hydrogens is 500 g/mol. The fraction of sp³-hybridized carbons (Fsp3) is 0.333. The standard InChI is InChI=1S/C27H27ClN2O5S/c1-17-13-26(17)35-25-6-4-3-5-22(25)21-9-12-29-15-23(21)27(10-11-27)34-16-19-14-20(7-8-24(19)28)36(32,33)30-18(2)31/h3-9,12,14-15,17,26H,10-11,13,16H2,1-2H3,(H,30,31). The molecule has 2 aromatic carbocycles. The minimum atomic E-state index is -3.98. The second-order valence-corrected chi connectivity index (χ2v) is 11.6. The molecule has 0 spiro atoms. The van der Waals surface area contributed by atoms with E-state index in [4.69, 9.17) is 21.1 Å². The summed E-state index contributed by atoms with van der Waals surface area (Å²) in [5.74, 6) is 0.737. The number of rotatable bonds is 9. The molecule has 0 aliphatic heterocycles. The molecule has 0 saturated heterocycles. The van der Waals surface area contributed by atoms with Crippen molar-refractivity contribution in [2.24, 2.45) is 5.92 Å². The zero-order chi connectivity index (χ0) is 25.5. The summed E-state index contributed by atoms with van der Waals surface area (Å²) >= 11 is 6.37. The highest BCUT2D eigenvalue weighted by molar-refractivity contribution is 7.90. The topological polar surface area (TPSA) is 94.6 Å². The second-order valence-electron chi connectivity index (χ2n) is 9.48. The Hall–Kier alpha value is -2.94. The average molecular weight is 527 g/mol. The Bertz CT molecular complexity index is 1420. The first-order chi connectivity index (χ1) is 17.2. The van der Waals surface area contributed by atoms with Gasteiger partial charge in [0.05, 0.1) is 17.1 Å². The molecule has 0 radical (unpaired) electrons. The van der Waals surface area contributed by atoms with Gasteiger partial charge in [0.15, 0.2) is 0 Å². The van der Waals surface area contributed by atoms with Gasteiger partial charge in [-0.2, -0.15) is 0 Å². The molecule has 5 rings (SSSR count). The lowest BCUT2D eigenvalue weighted by atomic mass is 9.96. The van der Waals surface area contributed by atoms with E-state index in [1.54, 1.807) is 6.20 Å². The number of carbonyl (C=O) groups is 1. The Morgan fingerprint density at radius 3 is 2.61 bits per heavy atom. The summed E-state index contributed by atoms with van der Waals surface area (Å²) in [5.41, 5.74) is 2.92. The average Bonchev–Trinajstić information content (AvgIpc) is 3.76. The van der Waals surface area contributed by atoms with Crippen molar-refractivity contribution in [3.8, 4) is 16.9 Å². The van der Waals surface area contributed by atoms with Gasteiger partial charge in [0, 0.05) is 35.5 Å². The Morgan fingerprint density at radius 1 is 1.17 bits per heavy atom. The van der Waals surface area contributed by atoms with Gasteiger partial charge in [-0.3, -0.25) is 9.78 Å². The summed E-state index contributed by atoms with van der Waals surface area (Å²) in [7, 11) is -3.98. The van der Waals surface area contributed by atoms with Gasteiger partial charge < -0.3 is 9.47 Å². The first-order valence-electron chi connectivity index (χ1n) is 11.8. The lowest BCUT2D eigenvalue weighted by molar-refractivity contribution is -0.117. The number of halogens is 1. The maximum Gasteiger partial charge on any atom is 0.264 e. The Balaban J connectivity index is 1.41. The van der Waals surface area contributed by atoms with Crippen molar-refractivity contribution < 1.29 is 22.7 Å². The number of hydrogen-bond donors (Lipinski definition) is 1. The predicted molar refractivity (Wildman–Crippen MR) is 136 cm³/mol. The summed E-state index contributed by atoms with van der Waals surface area (Å²) in [4.78, 5) is 15.6. The van der Waals surface area contributed by atoms with Crippen molar-refractivity contribution in [2.75, 3.05) is 0 Å². The zero-order valence-corrected chi connectivity index (χ0v) is 21.6. The summed E-state index contributed by atoms with van der Waals surface area (Å²) in [5, 5.41) is 0.385. The summed E-state index contributed by atoms with van der Waals surface area (Å²) in [6, 6.07) is 14.3. The molecule has 0 bridgehead atoms. The van der Waals surface area contributed by atoms with Crippen molar-refractivity contribution in [2.45, 2.75) is 56.3 Å². The van der Waals surface area contributed by atoms with Crippen LogP contribution in [0.2, 0.25) is 5.02 Å². The lowest BCUT2D eigenvalue weighted by Crippen LogP contribution is -2.28. The molecule has 2 atom stereocenters. The number of ether oxygens (including phenoxy) is 2. The molecule has 2 saturated carbocycles. The number of sulfonamides is 1. The highest BCUT2D eigenvalue weighted by atomic mass is 35.5. The second kappa shape index (κ2) is 9.50. The van der Waals surface area contributed by atoms with Crippen LogP contribution in [0.1, 0.15) is 44.2 Å². The minimum absolute atomic E-state index is 0.0482. The normalized spacial score (nSPS) is 20.0. The first kappa shape index (κ1) is 24.7. The monoisotopic (exact) mass is 526 g/mol. The molecule has 2 aliphatic carbocycles. The predicted octanol–water partition coefficient (Wildman–Crippen LogP) is 5.22. The third kappa shape index (κ3) is 5.12. The molecule has 1 amide bonds. The number of amides is 1. The largest absolute Gasteiger partial charge is 0.489 e. The van der Waals surface area contributed by atoms with E-state index < -0.39 is 21.5 Å². The van der Waals surface area contributed by atoms with Crippen LogP contribution in [-0.4, -0.2) is 25.4 Å². The molecular formula is C27H27ClN2O5S. The number of hydrogen-bond acceptors (Lipinski definition) is 6. The van der Waals surface area contributed by atoms with E-state index in [2.05, 4.69) is 11.9 Å². The molecule has 9 heteroatoms. The van der Waals surface area contributed by atoms with E-state index in [9.17, 15) is 13.2 Å². The summed E-state index contributed by atoms with van der Waals surface area (Å²) in [6.07, 6.45) is 6.50. The van der Waals surface area contributed by atoms with Gasteiger partial charge in [0.1, 0.15) is 11.9 Å². The maximum absolute atomic E-state index is 12.4. The van der Waals surface area contributed by atoms with Crippen LogP contribution in [0.5, 0.6) is 5.75 Å². The molecule has 7 nitrogen and oxygen atoms in total.